The van der Waals surface area contributed by atoms with Crippen molar-refractivity contribution in [2.24, 2.45) is 13.0 Å². The number of benzene rings is 1. The van der Waals surface area contributed by atoms with Crippen molar-refractivity contribution < 1.29 is 9.59 Å². The van der Waals surface area contributed by atoms with Gasteiger partial charge in [-0.1, -0.05) is 23.2 Å². The van der Waals surface area contributed by atoms with Crippen LogP contribution in [0.25, 0.3) is 0 Å². The average molecular weight is 409 g/mol. The highest BCUT2D eigenvalue weighted by Gasteiger charge is 2.30. The van der Waals surface area contributed by atoms with Gasteiger partial charge in [-0.15, -0.1) is 0 Å². The van der Waals surface area contributed by atoms with Gasteiger partial charge in [0.05, 0.1) is 22.2 Å². The van der Waals surface area contributed by atoms with E-state index in [4.69, 9.17) is 23.2 Å². The third kappa shape index (κ3) is 4.62. The van der Waals surface area contributed by atoms with Gasteiger partial charge in [-0.3, -0.25) is 14.3 Å². The van der Waals surface area contributed by atoms with E-state index in [1.165, 1.54) is 0 Å². The molecule has 1 aromatic carbocycles. The van der Waals surface area contributed by atoms with Gasteiger partial charge in [0.2, 0.25) is 5.91 Å². The van der Waals surface area contributed by atoms with Gasteiger partial charge in [0.25, 0.3) is 5.91 Å². The molecule has 1 atom stereocenters. The maximum Gasteiger partial charge on any atom is 0.253 e. The van der Waals surface area contributed by atoms with E-state index in [9.17, 15) is 9.59 Å². The standard InChI is InChI=1S/C19H22Cl2N4O2/c1-23(10-13-9-22-24(2)11-13)18(26)15-4-3-7-25(12-15)19(27)14-5-6-16(20)17(21)8-14/h5-6,8-9,11,15H,3-4,7,10,12H2,1-2H3. The van der Waals surface area contributed by atoms with Crippen LogP contribution in [0.5, 0.6) is 0 Å². The second-order valence-corrected chi connectivity index (χ2v) is 7.75. The predicted octanol–water partition coefficient (Wildman–Crippen LogP) is 3.24. The van der Waals surface area contributed by atoms with E-state index in [2.05, 4.69) is 5.10 Å². The van der Waals surface area contributed by atoms with Crippen LogP contribution < -0.4 is 0 Å². The summed E-state index contributed by atoms with van der Waals surface area (Å²) in [5, 5.41) is 4.89. The van der Waals surface area contributed by atoms with Crippen molar-refractivity contribution in [3.05, 3.63) is 51.8 Å². The van der Waals surface area contributed by atoms with Gasteiger partial charge in [-0.25, -0.2) is 0 Å². The molecular formula is C19H22Cl2N4O2. The van der Waals surface area contributed by atoms with Crippen molar-refractivity contribution in [3.8, 4) is 0 Å². The van der Waals surface area contributed by atoms with Gasteiger partial charge in [0.15, 0.2) is 0 Å². The number of likely N-dealkylation sites (tertiary alicyclic amines) is 1. The van der Waals surface area contributed by atoms with Crippen LogP contribution in [0.3, 0.4) is 0 Å². The van der Waals surface area contributed by atoms with Crippen LogP contribution in [0.1, 0.15) is 28.8 Å². The molecule has 0 spiro atoms. The molecule has 0 saturated carbocycles. The monoisotopic (exact) mass is 408 g/mol. The number of rotatable bonds is 4. The van der Waals surface area contributed by atoms with Crippen molar-refractivity contribution in [2.45, 2.75) is 19.4 Å². The summed E-state index contributed by atoms with van der Waals surface area (Å²) in [7, 11) is 3.63. The van der Waals surface area contributed by atoms with E-state index < -0.39 is 0 Å². The van der Waals surface area contributed by atoms with Gasteiger partial charge in [-0.05, 0) is 31.0 Å². The number of aryl methyl sites for hydroxylation is 1. The summed E-state index contributed by atoms with van der Waals surface area (Å²) in [6.45, 7) is 1.55. The summed E-state index contributed by atoms with van der Waals surface area (Å²) in [4.78, 5) is 29.0. The zero-order chi connectivity index (χ0) is 19.6. The smallest absolute Gasteiger partial charge is 0.253 e. The third-order valence-electron chi connectivity index (χ3n) is 4.78. The molecule has 1 saturated heterocycles. The highest BCUT2D eigenvalue weighted by Crippen LogP contribution is 2.25. The summed E-state index contributed by atoms with van der Waals surface area (Å²) in [6.07, 6.45) is 5.22. The lowest BCUT2D eigenvalue weighted by molar-refractivity contribution is -0.136. The Bertz CT molecular complexity index is 852. The number of carbonyl (C=O) groups excluding carboxylic acids is 2. The Morgan fingerprint density at radius 2 is 2.07 bits per heavy atom. The van der Waals surface area contributed by atoms with E-state index >= 15 is 0 Å². The van der Waals surface area contributed by atoms with Crippen LogP contribution in [0.15, 0.2) is 30.6 Å². The molecule has 0 N–H and O–H groups in total. The molecule has 144 valence electrons. The maximum absolute atomic E-state index is 12.8. The number of amides is 2. The van der Waals surface area contributed by atoms with Crippen LogP contribution in [0, 0.1) is 5.92 Å². The molecule has 1 fully saturated rings. The zero-order valence-electron chi connectivity index (χ0n) is 15.4. The van der Waals surface area contributed by atoms with Crippen molar-refractivity contribution in [1.82, 2.24) is 19.6 Å². The number of hydrogen-bond donors (Lipinski definition) is 0. The van der Waals surface area contributed by atoms with Crippen LogP contribution in [0.2, 0.25) is 10.0 Å². The molecule has 1 aromatic heterocycles. The second kappa shape index (κ2) is 8.31. The largest absolute Gasteiger partial charge is 0.341 e. The lowest BCUT2D eigenvalue weighted by Gasteiger charge is -2.34. The minimum absolute atomic E-state index is 0.0468. The Kier molecular flexibility index (Phi) is 6.07. The summed E-state index contributed by atoms with van der Waals surface area (Å²) in [6, 6.07) is 4.86. The van der Waals surface area contributed by atoms with Gasteiger partial charge in [0.1, 0.15) is 0 Å². The fourth-order valence-electron chi connectivity index (χ4n) is 3.39. The molecule has 8 heteroatoms. The van der Waals surface area contributed by atoms with Crippen molar-refractivity contribution >= 4 is 35.0 Å². The van der Waals surface area contributed by atoms with E-state index in [0.717, 1.165) is 18.4 Å². The molecule has 3 rings (SSSR count). The first-order valence-corrected chi connectivity index (χ1v) is 9.57. The highest BCUT2D eigenvalue weighted by atomic mass is 35.5. The van der Waals surface area contributed by atoms with Crippen LogP contribution in [0.4, 0.5) is 0 Å². The first kappa shape index (κ1) is 19.7. The molecule has 0 radical (unpaired) electrons. The lowest BCUT2D eigenvalue weighted by Crippen LogP contribution is -2.45. The van der Waals surface area contributed by atoms with Crippen molar-refractivity contribution in [1.29, 1.82) is 0 Å². The number of hydrogen-bond acceptors (Lipinski definition) is 3. The molecular weight excluding hydrogens is 387 g/mol. The molecule has 1 unspecified atom stereocenters. The fourth-order valence-corrected chi connectivity index (χ4v) is 3.69. The highest BCUT2D eigenvalue weighted by molar-refractivity contribution is 6.42. The molecule has 27 heavy (non-hydrogen) atoms. The summed E-state index contributed by atoms with van der Waals surface area (Å²) >= 11 is 12.0. The first-order chi connectivity index (χ1) is 12.8. The normalized spacial score (nSPS) is 17.0. The van der Waals surface area contributed by atoms with Gasteiger partial charge in [-0.2, -0.15) is 5.10 Å². The Morgan fingerprint density at radius 1 is 1.30 bits per heavy atom. The number of carbonyl (C=O) groups is 2. The minimum atomic E-state index is -0.202. The maximum atomic E-state index is 12.8. The minimum Gasteiger partial charge on any atom is -0.341 e. The number of piperidine rings is 1. The quantitative estimate of drug-likeness (QED) is 0.779. The Morgan fingerprint density at radius 3 is 2.74 bits per heavy atom. The van der Waals surface area contributed by atoms with E-state index in [1.807, 2.05) is 13.2 Å². The molecule has 1 aliphatic heterocycles. The summed E-state index contributed by atoms with van der Waals surface area (Å²) in [5.41, 5.74) is 1.47. The molecule has 0 aliphatic carbocycles. The predicted molar refractivity (Wildman–Crippen MR) is 105 cm³/mol. The summed E-state index contributed by atoms with van der Waals surface area (Å²) in [5.74, 6) is -0.279. The summed E-state index contributed by atoms with van der Waals surface area (Å²) < 4.78 is 1.71. The zero-order valence-corrected chi connectivity index (χ0v) is 16.9. The van der Waals surface area contributed by atoms with Crippen LogP contribution in [-0.4, -0.2) is 51.5 Å². The lowest BCUT2D eigenvalue weighted by atomic mass is 9.96. The van der Waals surface area contributed by atoms with Gasteiger partial charge >= 0.3 is 0 Å². The van der Waals surface area contributed by atoms with Crippen molar-refractivity contribution in [3.63, 3.8) is 0 Å². The van der Waals surface area contributed by atoms with E-state index in [0.29, 0.717) is 35.2 Å². The molecule has 2 heterocycles. The third-order valence-corrected chi connectivity index (χ3v) is 5.52. The van der Waals surface area contributed by atoms with Crippen molar-refractivity contribution in [2.75, 3.05) is 20.1 Å². The molecule has 2 aromatic rings. The molecule has 6 nitrogen and oxygen atoms in total. The SMILES string of the molecule is CN(Cc1cnn(C)c1)C(=O)C1CCCN(C(=O)c2ccc(Cl)c(Cl)c2)C1. The van der Waals surface area contributed by atoms with E-state index in [-0.39, 0.29) is 17.7 Å². The molecule has 0 bridgehead atoms. The number of aromatic nitrogens is 2. The topological polar surface area (TPSA) is 58.4 Å². The van der Waals surface area contributed by atoms with E-state index in [1.54, 1.807) is 45.9 Å². The second-order valence-electron chi connectivity index (χ2n) is 6.94. The Labute approximate surface area is 168 Å². The average Bonchev–Trinajstić information content (AvgIpc) is 3.07. The fraction of sp³-hybridized carbons (Fsp3) is 0.421. The van der Waals surface area contributed by atoms with Crippen LogP contribution >= 0.6 is 23.2 Å². The Hall–Kier alpha value is -2.05. The van der Waals surface area contributed by atoms with Crippen LogP contribution in [-0.2, 0) is 18.4 Å². The number of nitrogens with zero attached hydrogens (tertiary/aromatic N) is 4. The molecule has 1 aliphatic rings. The molecule has 2 amide bonds. The Balaban J connectivity index is 1.64. The van der Waals surface area contributed by atoms with Gasteiger partial charge in [0, 0.05) is 51.1 Å². The van der Waals surface area contributed by atoms with Gasteiger partial charge < -0.3 is 9.80 Å². The number of halogens is 2. The first-order valence-electron chi connectivity index (χ1n) is 8.82.